The molecular formula is C15H17BrN4O. The van der Waals surface area contributed by atoms with Crippen molar-refractivity contribution in [1.82, 2.24) is 20.5 Å². The van der Waals surface area contributed by atoms with E-state index in [1.807, 2.05) is 19.1 Å². The Bertz CT molecular complexity index is 637. The van der Waals surface area contributed by atoms with Crippen molar-refractivity contribution < 1.29 is 4.79 Å². The van der Waals surface area contributed by atoms with Crippen LogP contribution in [0.25, 0.3) is 0 Å². The summed E-state index contributed by atoms with van der Waals surface area (Å²) >= 11 is 3.36. The van der Waals surface area contributed by atoms with Crippen LogP contribution < -0.4 is 5.32 Å². The molecule has 0 spiro atoms. The van der Waals surface area contributed by atoms with Gasteiger partial charge >= 0.3 is 0 Å². The lowest BCUT2D eigenvalue weighted by atomic mass is 9.86. The second-order valence-corrected chi connectivity index (χ2v) is 6.30. The minimum absolute atomic E-state index is 0.0505. The van der Waals surface area contributed by atoms with E-state index in [1.165, 1.54) is 0 Å². The van der Waals surface area contributed by atoms with E-state index in [9.17, 15) is 4.79 Å². The Hall–Kier alpha value is -1.69. The molecule has 1 aliphatic rings. The molecule has 0 bridgehead atoms. The monoisotopic (exact) mass is 348 g/mol. The van der Waals surface area contributed by atoms with E-state index in [0.717, 1.165) is 40.7 Å². The second kappa shape index (κ2) is 5.97. The highest BCUT2D eigenvalue weighted by atomic mass is 79.9. The molecule has 1 amide bonds. The van der Waals surface area contributed by atoms with E-state index in [2.05, 4.69) is 36.4 Å². The lowest BCUT2D eigenvalue weighted by Crippen LogP contribution is -2.33. The standard InChI is InChI=1S/C15H17BrN4O/c1-9(13-6-5-10(16)7-17-13)19-15(21)11-3-2-4-14-12(11)8-18-20-14/h5-9,11H,2-4H2,1H3,(H,18,20)(H,19,21)/t9-,11-/m0/s1. The molecule has 2 atom stereocenters. The number of H-pyrrole nitrogens is 1. The van der Waals surface area contributed by atoms with Gasteiger partial charge in [-0.3, -0.25) is 14.9 Å². The molecule has 3 rings (SSSR count). The van der Waals surface area contributed by atoms with Crippen LogP contribution in [0.2, 0.25) is 0 Å². The van der Waals surface area contributed by atoms with E-state index >= 15 is 0 Å². The summed E-state index contributed by atoms with van der Waals surface area (Å²) in [6.45, 7) is 1.95. The van der Waals surface area contributed by atoms with E-state index < -0.39 is 0 Å². The molecule has 110 valence electrons. The first-order chi connectivity index (χ1) is 10.1. The maximum absolute atomic E-state index is 12.5. The van der Waals surface area contributed by atoms with Crippen molar-refractivity contribution in [3.05, 3.63) is 46.0 Å². The van der Waals surface area contributed by atoms with Crippen LogP contribution in [0.1, 0.15) is 48.7 Å². The second-order valence-electron chi connectivity index (χ2n) is 5.38. The van der Waals surface area contributed by atoms with Crippen LogP contribution in [0.3, 0.4) is 0 Å². The van der Waals surface area contributed by atoms with Crippen molar-refractivity contribution in [3.8, 4) is 0 Å². The number of halogens is 1. The van der Waals surface area contributed by atoms with Crippen molar-refractivity contribution in [3.63, 3.8) is 0 Å². The number of aromatic nitrogens is 3. The Kier molecular flexibility index (Phi) is 4.05. The molecular weight excluding hydrogens is 332 g/mol. The number of hydrogen-bond donors (Lipinski definition) is 2. The zero-order valence-electron chi connectivity index (χ0n) is 11.8. The molecule has 0 fully saturated rings. The van der Waals surface area contributed by atoms with E-state index in [1.54, 1.807) is 12.4 Å². The van der Waals surface area contributed by atoms with Gasteiger partial charge in [0.2, 0.25) is 5.91 Å². The Morgan fingerprint density at radius 3 is 3.10 bits per heavy atom. The number of pyridine rings is 1. The maximum Gasteiger partial charge on any atom is 0.228 e. The molecule has 0 aliphatic heterocycles. The van der Waals surface area contributed by atoms with Crippen LogP contribution in [0.15, 0.2) is 29.0 Å². The molecule has 2 N–H and O–H groups in total. The van der Waals surface area contributed by atoms with Crippen molar-refractivity contribution in [2.75, 3.05) is 0 Å². The first-order valence-corrected chi connectivity index (χ1v) is 7.88. The van der Waals surface area contributed by atoms with Gasteiger partial charge in [0, 0.05) is 21.9 Å². The number of nitrogens with zero attached hydrogens (tertiary/aromatic N) is 2. The van der Waals surface area contributed by atoms with Gasteiger partial charge in [-0.05, 0) is 54.2 Å². The van der Waals surface area contributed by atoms with E-state index in [0.29, 0.717) is 0 Å². The lowest BCUT2D eigenvalue weighted by Gasteiger charge is -2.23. The summed E-state index contributed by atoms with van der Waals surface area (Å²) in [4.78, 5) is 16.9. The summed E-state index contributed by atoms with van der Waals surface area (Å²) < 4.78 is 0.931. The molecule has 0 saturated carbocycles. The van der Waals surface area contributed by atoms with Gasteiger partial charge in [0.1, 0.15) is 0 Å². The minimum Gasteiger partial charge on any atom is -0.347 e. The summed E-state index contributed by atoms with van der Waals surface area (Å²) in [5.41, 5.74) is 2.99. The number of hydrogen-bond acceptors (Lipinski definition) is 3. The molecule has 0 unspecified atom stereocenters. The first kappa shape index (κ1) is 14.3. The molecule has 2 heterocycles. The van der Waals surface area contributed by atoms with Gasteiger partial charge in [-0.15, -0.1) is 0 Å². The molecule has 0 radical (unpaired) electrons. The predicted octanol–water partition coefficient (Wildman–Crippen LogP) is 2.86. The third-order valence-electron chi connectivity index (χ3n) is 3.92. The van der Waals surface area contributed by atoms with Gasteiger partial charge in [0.05, 0.1) is 23.9 Å². The molecule has 0 aromatic carbocycles. The van der Waals surface area contributed by atoms with Crippen LogP contribution in [-0.4, -0.2) is 21.1 Å². The number of amides is 1. The molecule has 1 aliphatic carbocycles. The van der Waals surface area contributed by atoms with Gasteiger partial charge in [0.25, 0.3) is 0 Å². The fraction of sp³-hybridized carbons (Fsp3) is 0.400. The van der Waals surface area contributed by atoms with E-state index in [-0.39, 0.29) is 17.9 Å². The minimum atomic E-state index is -0.108. The molecule has 5 nitrogen and oxygen atoms in total. The van der Waals surface area contributed by atoms with Gasteiger partial charge in [-0.1, -0.05) is 0 Å². The molecule has 0 saturated heterocycles. The highest BCUT2D eigenvalue weighted by molar-refractivity contribution is 9.10. The van der Waals surface area contributed by atoms with Gasteiger partial charge in [0.15, 0.2) is 0 Å². The summed E-state index contributed by atoms with van der Waals surface area (Å²) in [7, 11) is 0. The first-order valence-electron chi connectivity index (χ1n) is 7.09. The Morgan fingerprint density at radius 1 is 1.48 bits per heavy atom. The number of aromatic amines is 1. The Morgan fingerprint density at radius 2 is 2.33 bits per heavy atom. The number of aryl methyl sites for hydroxylation is 1. The molecule has 6 heteroatoms. The maximum atomic E-state index is 12.5. The zero-order chi connectivity index (χ0) is 14.8. The van der Waals surface area contributed by atoms with Crippen LogP contribution in [0, 0.1) is 0 Å². The lowest BCUT2D eigenvalue weighted by molar-refractivity contribution is -0.123. The number of fused-ring (bicyclic) bond motifs is 1. The zero-order valence-corrected chi connectivity index (χ0v) is 13.4. The highest BCUT2D eigenvalue weighted by Crippen LogP contribution is 2.30. The summed E-state index contributed by atoms with van der Waals surface area (Å²) in [5, 5.41) is 10.1. The van der Waals surface area contributed by atoms with E-state index in [4.69, 9.17) is 0 Å². The Labute approximate surface area is 131 Å². The van der Waals surface area contributed by atoms with Crippen molar-refractivity contribution in [2.24, 2.45) is 0 Å². The predicted molar refractivity (Wildman–Crippen MR) is 82.8 cm³/mol. The van der Waals surface area contributed by atoms with Crippen LogP contribution in [0.4, 0.5) is 0 Å². The van der Waals surface area contributed by atoms with Crippen molar-refractivity contribution >= 4 is 21.8 Å². The quantitative estimate of drug-likeness (QED) is 0.895. The van der Waals surface area contributed by atoms with Crippen LogP contribution in [0.5, 0.6) is 0 Å². The van der Waals surface area contributed by atoms with Crippen molar-refractivity contribution in [1.29, 1.82) is 0 Å². The topological polar surface area (TPSA) is 70.7 Å². The SMILES string of the molecule is C[C@H](NC(=O)[C@H]1CCCc2[nH]ncc21)c1ccc(Br)cn1. The third-order valence-corrected chi connectivity index (χ3v) is 4.38. The number of nitrogens with one attached hydrogen (secondary N) is 2. The molecule has 2 aromatic heterocycles. The number of carbonyl (C=O) groups is 1. The Balaban J connectivity index is 1.71. The molecule has 2 aromatic rings. The summed E-state index contributed by atoms with van der Waals surface area (Å²) in [6, 6.07) is 3.74. The van der Waals surface area contributed by atoms with Gasteiger partial charge in [-0.25, -0.2) is 0 Å². The number of carbonyl (C=O) groups excluding carboxylic acids is 1. The number of rotatable bonds is 3. The summed E-state index contributed by atoms with van der Waals surface area (Å²) in [5.74, 6) is -0.0556. The van der Waals surface area contributed by atoms with Gasteiger partial charge in [-0.2, -0.15) is 5.10 Å². The third kappa shape index (κ3) is 3.00. The summed E-state index contributed by atoms with van der Waals surface area (Å²) in [6.07, 6.45) is 6.38. The van der Waals surface area contributed by atoms with Crippen LogP contribution >= 0.6 is 15.9 Å². The fourth-order valence-corrected chi connectivity index (χ4v) is 3.00. The van der Waals surface area contributed by atoms with Gasteiger partial charge < -0.3 is 5.32 Å². The fourth-order valence-electron chi connectivity index (χ4n) is 2.76. The van der Waals surface area contributed by atoms with Crippen LogP contribution in [-0.2, 0) is 11.2 Å². The highest BCUT2D eigenvalue weighted by Gasteiger charge is 2.28. The smallest absolute Gasteiger partial charge is 0.228 e. The van der Waals surface area contributed by atoms with Crippen molar-refractivity contribution in [2.45, 2.75) is 38.1 Å². The molecule has 21 heavy (non-hydrogen) atoms. The normalized spacial score (nSPS) is 18.9. The average molecular weight is 349 g/mol. The average Bonchev–Trinajstić information content (AvgIpc) is 2.96. The largest absolute Gasteiger partial charge is 0.347 e.